The van der Waals surface area contributed by atoms with Gasteiger partial charge in [0, 0.05) is 0 Å². The van der Waals surface area contributed by atoms with E-state index >= 15 is 0 Å². The second-order valence-corrected chi connectivity index (χ2v) is 7.43. The highest BCUT2D eigenvalue weighted by Crippen LogP contribution is 2.44. The molecule has 19 heavy (non-hydrogen) atoms. The summed E-state index contributed by atoms with van der Waals surface area (Å²) >= 11 is 0. The third kappa shape index (κ3) is 5.16. The molecule has 1 aliphatic rings. The van der Waals surface area contributed by atoms with E-state index in [9.17, 15) is 9.90 Å². The Hall–Kier alpha value is -0.530. The van der Waals surface area contributed by atoms with Crippen LogP contribution in [0.1, 0.15) is 79.1 Å². The van der Waals surface area contributed by atoms with Gasteiger partial charge in [0.1, 0.15) is 0 Å². The van der Waals surface area contributed by atoms with Crippen LogP contribution < -0.4 is 0 Å². The maximum absolute atomic E-state index is 11.4. The van der Waals surface area contributed by atoms with Gasteiger partial charge < -0.3 is 5.11 Å². The molecule has 2 heteroatoms. The smallest absolute Gasteiger partial charge is 0.306 e. The van der Waals surface area contributed by atoms with E-state index in [-0.39, 0.29) is 5.92 Å². The van der Waals surface area contributed by atoms with Crippen LogP contribution in [0, 0.1) is 23.2 Å². The lowest BCUT2D eigenvalue weighted by atomic mass is 9.64. The zero-order chi connectivity index (χ0) is 14.5. The van der Waals surface area contributed by atoms with Crippen molar-refractivity contribution in [1.82, 2.24) is 0 Å². The third-order valence-corrected chi connectivity index (χ3v) is 4.95. The minimum Gasteiger partial charge on any atom is -0.481 e. The van der Waals surface area contributed by atoms with Gasteiger partial charge in [0.2, 0.25) is 0 Å². The zero-order valence-electron chi connectivity index (χ0n) is 13.2. The van der Waals surface area contributed by atoms with Crippen LogP contribution in [0.4, 0.5) is 0 Å². The molecule has 0 spiro atoms. The Morgan fingerprint density at radius 3 is 2.37 bits per heavy atom. The summed E-state index contributed by atoms with van der Waals surface area (Å²) in [6.45, 7) is 9.11. The Balaban J connectivity index is 2.55. The number of carboxylic acids is 1. The van der Waals surface area contributed by atoms with Gasteiger partial charge in [-0.1, -0.05) is 53.4 Å². The van der Waals surface area contributed by atoms with Gasteiger partial charge in [-0.25, -0.2) is 0 Å². The fraction of sp³-hybridized carbons (Fsp3) is 0.941. The summed E-state index contributed by atoms with van der Waals surface area (Å²) in [5, 5.41) is 9.40. The Kier molecular flexibility index (Phi) is 6.35. The molecule has 3 atom stereocenters. The molecule has 0 bridgehead atoms. The largest absolute Gasteiger partial charge is 0.481 e. The summed E-state index contributed by atoms with van der Waals surface area (Å²) in [6.07, 6.45) is 9.21. The first-order chi connectivity index (χ1) is 8.86. The van der Waals surface area contributed by atoms with Crippen molar-refractivity contribution < 1.29 is 9.90 Å². The highest BCUT2D eigenvalue weighted by Gasteiger charge is 2.38. The summed E-state index contributed by atoms with van der Waals surface area (Å²) < 4.78 is 0. The SMILES string of the molecule is CCCCCCC1CC(C(C)(C)C)CCC1C(=O)O. The number of hydrogen-bond donors (Lipinski definition) is 1. The van der Waals surface area contributed by atoms with Crippen molar-refractivity contribution in [2.24, 2.45) is 23.2 Å². The second-order valence-electron chi connectivity index (χ2n) is 7.43. The summed E-state index contributed by atoms with van der Waals surface area (Å²) in [4.78, 5) is 11.4. The molecule has 0 saturated heterocycles. The first-order valence-electron chi connectivity index (χ1n) is 8.09. The fourth-order valence-corrected chi connectivity index (χ4v) is 3.53. The van der Waals surface area contributed by atoms with Crippen LogP contribution in [0.15, 0.2) is 0 Å². The van der Waals surface area contributed by atoms with Gasteiger partial charge >= 0.3 is 5.97 Å². The van der Waals surface area contributed by atoms with Gasteiger partial charge in [-0.05, 0) is 42.9 Å². The molecular weight excluding hydrogens is 236 g/mol. The van der Waals surface area contributed by atoms with E-state index in [0.29, 0.717) is 17.3 Å². The zero-order valence-corrected chi connectivity index (χ0v) is 13.2. The monoisotopic (exact) mass is 268 g/mol. The quantitative estimate of drug-likeness (QED) is 0.679. The number of hydrogen-bond acceptors (Lipinski definition) is 1. The normalized spacial score (nSPS) is 28.3. The maximum Gasteiger partial charge on any atom is 0.306 e. The third-order valence-electron chi connectivity index (χ3n) is 4.95. The number of carbonyl (C=O) groups is 1. The van der Waals surface area contributed by atoms with Gasteiger partial charge in [-0.15, -0.1) is 0 Å². The van der Waals surface area contributed by atoms with E-state index < -0.39 is 5.97 Å². The first kappa shape index (κ1) is 16.5. The molecule has 112 valence electrons. The molecule has 3 unspecified atom stereocenters. The molecule has 1 N–H and O–H groups in total. The van der Waals surface area contributed by atoms with E-state index in [1.165, 1.54) is 25.7 Å². The van der Waals surface area contributed by atoms with Crippen LogP contribution in [0.25, 0.3) is 0 Å². The predicted octanol–water partition coefficient (Wildman–Crippen LogP) is 5.12. The van der Waals surface area contributed by atoms with Crippen LogP contribution >= 0.6 is 0 Å². The molecule has 1 fully saturated rings. The minimum atomic E-state index is -0.562. The minimum absolute atomic E-state index is 0.0831. The number of unbranched alkanes of at least 4 members (excludes halogenated alkanes) is 3. The second kappa shape index (κ2) is 7.31. The molecular formula is C17H32O2. The number of rotatable bonds is 6. The average Bonchev–Trinajstić information content (AvgIpc) is 2.33. The first-order valence-corrected chi connectivity index (χ1v) is 8.09. The summed E-state index contributed by atoms with van der Waals surface area (Å²) in [6, 6.07) is 0. The highest BCUT2D eigenvalue weighted by atomic mass is 16.4. The van der Waals surface area contributed by atoms with E-state index in [2.05, 4.69) is 27.7 Å². The fourth-order valence-electron chi connectivity index (χ4n) is 3.53. The summed E-state index contributed by atoms with van der Waals surface area (Å²) in [5.74, 6) is 0.458. The van der Waals surface area contributed by atoms with Crippen molar-refractivity contribution in [2.75, 3.05) is 0 Å². The van der Waals surface area contributed by atoms with Crippen molar-refractivity contribution in [1.29, 1.82) is 0 Å². The lowest BCUT2D eigenvalue weighted by Crippen LogP contribution is -2.35. The predicted molar refractivity (Wildman–Crippen MR) is 80.2 cm³/mol. The number of aliphatic carboxylic acids is 1. The van der Waals surface area contributed by atoms with Gasteiger partial charge in [0.25, 0.3) is 0 Å². The Bertz CT molecular complexity index is 277. The van der Waals surface area contributed by atoms with Crippen molar-refractivity contribution in [2.45, 2.75) is 79.1 Å². The molecule has 0 aliphatic heterocycles. The molecule has 0 aromatic carbocycles. The Morgan fingerprint density at radius 2 is 1.84 bits per heavy atom. The van der Waals surface area contributed by atoms with Gasteiger partial charge in [-0.2, -0.15) is 0 Å². The van der Waals surface area contributed by atoms with Crippen LogP contribution in [-0.4, -0.2) is 11.1 Å². The van der Waals surface area contributed by atoms with Crippen molar-refractivity contribution in [3.05, 3.63) is 0 Å². The van der Waals surface area contributed by atoms with Crippen LogP contribution in [-0.2, 0) is 4.79 Å². The van der Waals surface area contributed by atoms with Gasteiger partial charge in [0.15, 0.2) is 0 Å². The molecule has 1 saturated carbocycles. The Morgan fingerprint density at radius 1 is 1.16 bits per heavy atom. The molecule has 0 amide bonds. The van der Waals surface area contributed by atoms with Gasteiger partial charge in [0.05, 0.1) is 5.92 Å². The highest BCUT2D eigenvalue weighted by molar-refractivity contribution is 5.70. The molecule has 1 aliphatic carbocycles. The molecule has 0 heterocycles. The number of carboxylic acid groups (broad SMARTS) is 1. The molecule has 0 radical (unpaired) electrons. The van der Waals surface area contributed by atoms with E-state index in [1.54, 1.807) is 0 Å². The van der Waals surface area contributed by atoms with Crippen molar-refractivity contribution in [3.8, 4) is 0 Å². The topological polar surface area (TPSA) is 37.3 Å². The van der Waals surface area contributed by atoms with Crippen molar-refractivity contribution in [3.63, 3.8) is 0 Å². The molecule has 2 nitrogen and oxygen atoms in total. The van der Waals surface area contributed by atoms with Gasteiger partial charge in [-0.3, -0.25) is 4.79 Å². The van der Waals surface area contributed by atoms with Crippen LogP contribution in [0.5, 0.6) is 0 Å². The standard InChI is InChI=1S/C17H32O2/c1-5-6-7-8-9-13-12-14(17(2,3)4)10-11-15(13)16(18)19/h13-15H,5-12H2,1-4H3,(H,18,19). The maximum atomic E-state index is 11.4. The van der Waals surface area contributed by atoms with E-state index in [1.807, 2.05) is 0 Å². The molecule has 0 aromatic rings. The average molecular weight is 268 g/mol. The van der Waals surface area contributed by atoms with Crippen LogP contribution in [0.3, 0.4) is 0 Å². The van der Waals surface area contributed by atoms with E-state index in [4.69, 9.17) is 0 Å². The summed E-state index contributed by atoms with van der Waals surface area (Å²) in [5.41, 5.74) is 0.325. The lowest BCUT2D eigenvalue weighted by molar-refractivity contribution is -0.146. The lowest BCUT2D eigenvalue weighted by Gasteiger charge is -2.40. The van der Waals surface area contributed by atoms with Crippen LogP contribution in [0.2, 0.25) is 0 Å². The van der Waals surface area contributed by atoms with E-state index in [0.717, 1.165) is 25.7 Å². The molecule has 0 aromatic heterocycles. The Labute approximate surface area is 119 Å². The molecule has 1 rings (SSSR count). The van der Waals surface area contributed by atoms with Crippen molar-refractivity contribution >= 4 is 5.97 Å². The summed E-state index contributed by atoms with van der Waals surface area (Å²) in [7, 11) is 0.